The maximum Gasteiger partial charge on any atom is 0.200 e. The molecule has 0 spiro atoms. The summed E-state index contributed by atoms with van der Waals surface area (Å²) in [6.45, 7) is 0. The van der Waals surface area contributed by atoms with E-state index in [4.69, 9.17) is 9.47 Å². The van der Waals surface area contributed by atoms with Crippen LogP contribution in [0.1, 0.15) is 22.3 Å². The first-order valence-electron chi connectivity index (χ1n) is 12.3. The average Bonchev–Trinajstić information content (AvgIpc) is 2.92. The number of methoxy groups -OCH3 is 2. The normalized spacial score (nSPS) is 10.9. The van der Waals surface area contributed by atoms with Crippen LogP contribution in [0.2, 0.25) is 0 Å². The monoisotopic (exact) mass is 550 g/mol. The van der Waals surface area contributed by atoms with Crippen molar-refractivity contribution in [2.75, 3.05) is 14.2 Å². The minimum atomic E-state index is -0.607. The van der Waals surface area contributed by atoms with E-state index in [-0.39, 0.29) is 23.0 Å². The Morgan fingerprint density at radius 3 is 1.05 bits per heavy atom. The molecule has 4 rings (SSSR count). The van der Waals surface area contributed by atoms with Crippen LogP contribution in [0.25, 0.3) is 11.1 Å². The molecule has 0 unspecified atom stereocenters. The smallest absolute Gasteiger partial charge is 0.200 e. The van der Waals surface area contributed by atoms with Crippen LogP contribution < -0.4 is 9.47 Å². The Morgan fingerprint density at radius 1 is 0.425 bits per heavy atom. The molecule has 8 N–H and O–H groups in total. The Morgan fingerprint density at radius 2 is 0.750 bits per heavy atom. The van der Waals surface area contributed by atoms with Crippen molar-refractivity contribution in [2.24, 2.45) is 0 Å². The number of benzene rings is 4. The molecule has 0 aliphatic rings. The van der Waals surface area contributed by atoms with Gasteiger partial charge in [0.25, 0.3) is 0 Å². The van der Waals surface area contributed by atoms with E-state index in [1.165, 1.54) is 50.6 Å². The molecular weight excluding hydrogens is 520 g/mol. The van der Waals surface area contributed by atoms with E-state index in [0.717, 1.165) is 0 Å². The first kappa shape index (κ1) is 27.9. The predicted molar refractivity (Wildman–Crippen MR) is 146 cm³/mol. The van der Waals surface area contributed by atoms with Crippen LogP contribution in [-0.2, 0) is 25.7 Å². The number of phenols is 8. The van der Waals surface area contributed by atoms with E-state index in [1.807, 2.05) is 0 Å². The van der Waals surface area contributed by atoms with E-state index >= 15 is 0 Å². The van der Waals surface area contributed by atoms with Gasteiger partial charge >= 0.3 is 0 Å². The molecule has 0 radical (unpaired) electrons. The third kappa shape index (κ3) is 5.65. The number of ether oxygens (including phenoxy) is 2. The second-order valence-corrected chi connectivity index (χ2v) is 9.33. The van der Waals surface area contributed by atoms with E-state index in [1.54, 1.807) is 12.1 Å². The highest BCUT2D eigenvalue weighted by molar-refractivity contribution is 5.76. The Kier molecular flexibility index (Phi) is 7.90. The number of phenolic OH excluding ortho intramolecular Hbond substituents is 8. The van der Waals surface area contributed by atoms with Gasteiger partial charge in [-0.2, -0.15) is 0 Å². The minimum absolute atomic E-state index is 0.129. The summed E-state index contributed by atoms with van der Waals surface area (Å²) in [6, 6.07) is 11.7. The van der Waals surface area contributed by atoms with Crippen molar-refractivity contribution in [1.82, 2.24) is 0 Å². The van der Waals surface area contributed by atoms with Gasteiger partial charge in [-0.15, -0.1) is 0 Å². The van der Waals surface area contributed by atoms with Crippen LogP contribution in [0.5, 0.6) is 57.5 Å². The SMILES string of the molecule is COc1cc(CCc2cc(O)c(O)c(O)c2)c(-c2cc(O)c(OC)cc2CCc2cc(O)c(O)c(O)c2)cc1O. The molecule has 210 valence electrons. The number of hydrogen-bond acceptors (Lipinski definition) is 10. The molecule has 0 atom stereocenters. The van der Waals surface area contributed by atoms with Crippen molar-refractivity contribution in [3.8, 4) is 68.6 Å². The molecule has 10 nitrogen and oxygen atoms in total. The van der Waals surface area contributed by atoms with Gasteiger partial charge in [-0.1, -0.05) is 0 Å². The molecule has 0 fully saturated rings. The van der Waals surface area contributed by atoms with Gasteiger partial charge < -0.3 is 50.3 Å². The highest BCUT2D eigenvalue weighted by Crippen LogP contribution is 2.42. The van der Waals surface area contributed by atoms with Gasteiger partial charge in [0.1, 0.15) is 0 Å². The molecule has 0 aromatic heterocycles. The molecule has 40 heavy (non-hydrogen) atoms. The van der Waals surface area contributed by atoms with Gasteiger partial charge in [-0.25, -0.2) is 0 Å². The topological polar surface area (TPSA) is 180 Å². The van der Waals surface area contributed by atoms with E-state index in [0.29, 0.717) is 59.1 Å². The molecule has 0 aliphatic carbocycles. The van der Waals surface area contributed by atoms with Gasteiger partial charge in [-0.3, -0.25) is 0 Å². The zero-order valence-electron chi connectivity index (χ0n) is 21.8. The minimum Gasteiger partial charge on any atom is -0.504 e. The molecule has 4 aromatic carbocycles. The molecule has 4 aromatic rings. The lowest BCUT2D eigenvalue weighted by Gasteiger charge is -2.18. The zero-order chi connectivity index (χ0) is 29.1. The van der Waals surface area contributed by atoms with Crippen molar-refractivity contribution in [2.45, 2.75) is 25.7 Å². The average molecular weight is 551 g/mol. The summed E-state index contributed by atoms with van der Waals surface area (Å²) in [5, 5.41) is 80.2. The third-order valence-electron chi connectivity index (χ3n) is 6.72. The van der Waals surface area contributed by atoms with Crippen molar-refractivity contribution in [3.63, 3.8) is 0 Å². The summed E-state index contributed by atoms with van der Waals surface area (Å²) < 4.78 is 10.6. The fraction of sp³-hybridized carbons (Fsp3) is 0.200. The number of hydrogen-bond donors (Lipinski definition) is 8. The molecule has 10 heteroatoms. The zero-order valence-corrected chi connectivity index (χ0v) is 21.8. The van der Waals surface area contributed by atoms with Crippen LogP contribution in [0.4, 0.5) is 0 Å². The van der Waals surface area contributed by atoms with Gasteiger partial charge in [-0.05, 0) is 108 Å². The number of aromatic hydroxyl groups is 8. The van der Waals surface area contributed by atoms with E-state index in [2.05, 4.69) is 0 Å². The Labute approximate surface area is 229 Å². The van der Waals surface area contributed by atoms with Gasteiger partial charge in [0.2, 0.25) is 0 Å². The van der Waals surface area contributed by atoms with E-state index < -0.39 is 34.5 Å². The Hall–Kier alpha value is -5.12. The van der Waals surface area contributed by atoms with Gasteiger partial charge in [0.15, 0.2) is 57.5 Å². The molecule has 0 aliphatic heterocycles. The fourth-order valence-corrected chi connectivity index (χ4v) is 4.63. The van der Waals surface area contributed by atoms with Crippen molar-refractivity contribution >= 4 is 0 Å². The lowest BCUT2D eigenvalue weighted by Crippen LogP contribution is -2.01. The van der Waals surface area contributed by atoms with Crippen LogP contribution in [-0.4, -0.2) is 55.1 Å². The molecule has 0 saturated heterocycles. The van der Waals surface area contributed by atoms with Gasteiger partial charge in [0, 0.05) is 0 Å². The van der Waals surface area contributed by atoms with Crippen LogP contribution in [0.3, 0.4) is 0 Å². The van der Waals surface area contributed by atoms with Crippen LogP contribution in [0, 0.1) is 0 Å². The summed E-state index contributed by atoms with van der Waals surface area (Å²) in [5.41, 5.74) is 3.69. The van der Waals surface area contributed by atoms with Crippen LogP contribution >= 0.6 is 0 Å². The van der Waals surface area contributed by atoms with Crippen molar-refractivity contribution < 1.29 is 50.3 Å². The lowest BCUT2D eigenvalue weighted by atomic mass is 9.89. The molecular formula is C30H30O10. The Bertz CT molecular complexity index is 1400. The lowest BCUT2D eigenvalue weighted by molar-refractivity contribution is 0.367. The summed E-state index contributed by atoms with van der Waals surface area (Å²) in [5.74, 6) is -2.83. The summed E-state index contributed by atoms with van der Waals surface area (Å²) in [4.78, 5) is 0. The molecule has 0 amide bonds. The molecule has 0 saturated carbocycles. The van der Waals surface area contributed by atoms with Crippen molar-refractivity contribution in [1.29, 1.82) is 0 Å². The highest BCUT2D eigenvalue weighted by atomic mass is 16.5. The summed E-state index contributed by atoms with van der Waals surface area (Å²) >= 11 is 0. The standard InChI is InChI=1S/C30H30O10/c1-39-27-11-17(5-3-15-7-23(33)29(37)24(34)8-15)19(13-21(27)31)20-14-22(32)28(40-2)12-18(20)6-4-16-9-25(35)30(38)26(36)10-16/h7-14,31-38H,3-6H2,1-2H3. The Balaban J connectivity index is 1.77. The second kappa shape index (κ2) is 11.3. The predicted octanol–water partition coefficient (Wildman–Crippen LogP) is 4.59. The quantitative estimate of drug-likeness (QED) is 0.137. The maximum atomic E-state index is 10.6. The molecule has 0 bridgehead atoms. The first-order valence-corrected chi connectivity index (χ1v) is 12.3. The maximum absolute atomic E-state index is 10.6. The molecule has 0 heterocycles. The summed E-state index contributed by atoms with van der Waals surface area (Å²) in [7, 11) is 2.84. The van der Waals surface area contributed by atoms with Crippen molar-refractivity contribution in [3.05, 3.63) is 70.8 Å². The first-order chi connectivity index (χ1) is 19.0. The van der Waals surface area contributed by atoms with E-state index in [9.17, 15) is 40.9 Å². The highest BCUT2D eigenvalue weighted by Gasteiger charge is 2.19. The summed E-state index contributed by atoms with van der Waals surface area (Å²) in [6.07, 6.45) is 1.40. The second-order valence-electron chi connectivity index (χ2n) is 9.33. The van der Waals surface area contributed by atoms with Crippen LogP contribution in [0.15, 0.2) is 48.5 Å². The largest absolute Gasteiger partial charge is 0.504 e. The third-order valence-corrected chi connectivity index (χ3v) is 6.72. The number of aryl methyl sites for hydroxylation is 4. The van der Waals surface area contributed by atoms with Gasteiger partial charge in [0.05, 0.1) is 14.2 Å². The fourth-order valence-electron chi connectivity index (χ4n) is 4.63. The number of rotatable bonds is 9.